The highest BCUT2D eigenvalue weighted by Gasteiger charge is 2.35. The Morgan fingerprint density at radius 1 is 1.26 bits per heavy atom. The van der Waals surface area contributed by atoms with Crippen LogP contribution in [0.2, 0.25) is 0 Å². The van der Waals surface area contributed by atoms with Crippen LogP contribution in [0.25, 0.3) is 0 Å². The topological polar surface area (TPSA) is 53.6 Å². The van der Waals surface area contributed by atoms with E-state index in [1.165, 1.54) is 5.56 Å². The maximum atomic E-state index is 11.9. The van der Waals surface area contributed by atoms with E-state index in [-0.39, 0.29) is 12.5 Å². The molecular formula is C18H27N3O2. The van der Waals surface area contributed by atoms with E-state index in [2.05, 4.69) is 41.2 Å². The van der Waals surface area contributed by atoms with Crippen LogP contribution >= 0.6 is 0 Å². The van der Waals surface area contributed by atoms with Gasteiger partial charge in [-0.1, -0.05) is 30.3 Å². The van der Waals surface area contributed by atoms with Crippen molar-refractivity contribution < 1.29 is 9.53 Å². The lowest BCUT2D eigenvalue weighted by atomic mass is 9.81. The Bertz CT molecular complexity index is 500. The van der Waals surface area contributed by atoms with Crippen LogP contribution < -0.4 is 10.9 Å². The molecule has 23 heavy (non-hydrogen) atoms. The van der Waals surface area contributed by atoms with Gasteiger partial charge in [0.15, 0.2) is 0 Å². The fourth-order valence-electron chi connectivity index (χ4n) is 3.89. The molecule has 2 aliphatic heterocycles. The molecule has 126 valence electrons. The number of hydrogen-bond donors (Lipinski definition) is 2. The monoisotopic (exact) mass is 317 g/mol. The van der Waals surface area contributed by atoms with E-state index in [1.54, 1.807) is 7.11 Å². The molecule has 0 bridgehead atoms. The average Bonchev–Trinajstić information content (AvgIpc) is 3.04. The Balaban J connectivity index is 1.54. The van der Waals surface area contributed by atoms with Gasteiger partial charge in [0.25, 0.3) is 0 Å². The summed E-state index contributed by atoms with van der Waals surface area (Å²) in [5, 5.41) is 0. The zero-order valence-electron chi connectivity index (χ0n) is 13.8. The van der Waals surface area contributed by atoms with Crippen molar-refractivity contribution in [1.29, 1.82) is 0 Å². The van der Waals surface area contributed by atoms with Crippen LogP contribution in [-0.4, -0.2) is 50.2 Å². The SMILES string of the molecule is COCC(=O)N1CCC(C2NNCC2Cc2ccccc2)CC1. The molecule has 0 saturated carbocycles. The number of rotatable bonds is 5. The van der Waals surface area contributed by atoms with Crippen molar-refractivity contribution in [1.82, 2.24) is 15.8 Å². The van der Waals surface area contributed by atoms with Gasteiger partial charge in [0.05, 0.1) is 0 Å². The summed E-state index contributed by atoms with van der Waals surface area (Å²) in [4.78, 5) is 13.8. The second-order valence-corrected chi connectivity index (χ2v) is 6.65. The van der Waals surface area contributed by atoms with Crippen molar-refractivity contribution >= 4 is 5.91 Å². The number of carbonyl (C=O) groups excluding carboxylic acids is 1. The summed E-state index contributed by atoms with van der Waals surface area (Å²) in [6, 6.07) is 11.2. The highest BCUT2D eigenvalue weighted by atomic mass is 16.5. The van der Waals surface area contributed by atoms with Gasteiger partial charge in [0.2, 0.25) is 5.91 Å². The molecule has 0 aromatic heterocycles. The molecule has 0 aliphatic carbocycles. The van der Waals surface area contributed by atoms with Gasteiger partial charge in [0, 0.05) is 32.8 Å². The maximum absolute atomic E-state index is 11.9. The zero-order valence-corrected chi connectivity index (χ0v) is 13.8. The molecule has 2 fully saturated rings. The van der Waals surface area contributed by atoms with Crippen molar-refractivity contribution in [2.75, 3.05) is 33.4 Å². The van der Waals surface area contributed by atoms with E-state index in [4.69, 9.17) is 4.74 Å². The van der Waals surface area contributed by atoms with E-state index in [1.807, 2.05) is 4.90 Å². The normalized spacial score (nSPS) is 25.7. The standard InChI is InChI=1S/C18H27N3O2/c1-23-13-17(22)21-9-7-15(8-10-21)18-16(12-19-20-18)11-14-5-3-2-4-6-14/h2-6,15-16,18-20H,7-13H2,1H3. The summed E-state index contributed by atoms with van der Waals surface area (Å²) in [5.74, 6) is 1.36. The van der Waals surface area contributed by atoms with Gasteiger partial charge in [-0.3, -0.25) is 15.6 Å². The van der Waals surface area contributed by atoms with E-state index >= 15 is 0 Å². The third kappa shape index (κ3) is 4.10. The molecule has 2 aliphatic rings. The van der Waals surface area contributed by atoms with E-state index < -0.39 is 0 Å². The van der Waals surface area contributed by atoms with Crippen LogP contribution in [-0.2, 0) is 16.0 Å². The molecule has 1 aromatic carbocycles. The van der Waals surface area contributed by atoms with Crippen LogP contribution in [0.3, 0.4) is 0 Å². The first kappa shape index (κ1) is 16.4. The number of benzene rings is 1. The number of nitrogens with one attached hydrogen (secondary N) is 2. The fourth-order valence-corrected chi connectivity index (χ4v) is 3.89. The van der Waals surface area contributed by atoms with Crippen molar-refractivity contribution in [3.05, 3.63) is 35.9 Å². The number of methoxy groups -OCH3 is 1. The highest BCUT2D eigenvalue weighted by molar-refractivity contribution is 5.77. The largest absolute Gasteiger partial charge is 0.375 e. The first-order valence-corrected chi connectivity index (χ1v) is 8.57. The van der Waals surface area contributed by atoms with Crippen LogP contribution in [0, 0.1) is 11.8 Å². The van der Waals surface area contributed by atoms with Gasteiger partial charge < -0.3 is 9.64 Å². The minimum atomic E-state index is 0.115. The summed E-state index contributed by atoms with van der Waals surface area (Å²) >= 11 is 0. The average molecular weight is 317 g/mol. The van der Waals surface area contributed by atoms with E-state index in [0.29, 0.717) is 17.9 Å². The first-order valence-electron chi connectivity index (χ1n) is 8.57. The number of hydrazine groups is 1. The maximum Gasteiger partial charge on any atom is 0.248 e. The minimum Gasteiger partial charge on any atom is -0.375 e. The number of ether oxygens (including phenoxy) is 1. The van der Waals surface area contributed by atoms with Crippen LogP contribution in [0.5, 0.6) is 0 Å². The lowest BCUT2D eigenvalue weighted by Gasteiger charge is -2.36. The lowest BCUT2D eigenvalue weighted by molar-refractivity contribution is -0.136. The van der Waals surface area contributed by atoms with Gasteiger partial charge in [-0.15, -0.1) is 0 Å². The first-order chi connectivity index (χ1) is 11.3. The van der Waals surface area contributed by atoms with Crippen molar-refractivity contribution in [2.24, 2.45) is 11.8 Å². The van der Waals surface area contributed by atoms with Gasteiger partial charge >= 0.3 is 0 Å². The number of nitrogens with zero attached hydrogens (tertiary/aromatic N) is 1. The molecule has 2 unspecified atom stereocenters. The summed E-state index contributed by atoms with van der Waals surface area (Å²) in [5.41, 5.74) is 8.23. The molecule has 2 saturated heterocycles. The lowest BCUT2D eigenvalue weighted by Crippen LogP contribution is -2.47. The third-order valence-electron chi connectivity index (χ3n) is 5.15. The molecule has 0 radical (unpaired) electrons. The molecule has 3 rings (SSSR count). The Labute approximate surface area is 138 Å². The molecular weight excluding hydrogens is 290 g/mol. The molecule has 1 aromatic rings. The highest BCUT2D eigenvalue weighted by Crippen LogP contribution is 2.28. The van der Waals surface area contributed by atoms with Gasteiger partial charge in [-0.25, -0.2) is 0 Å². The quantitative estimate of drug-likeness (QED) is 0.857. The molecule has 2 N–H and O–H groups in total. The van der Waals surface area contributed by atoms with Crippen LogP contribution in [0.4, 0.5) is 0 Å². The van der Waals surface area contributed by atoms with Crippen LogP contribution in [0.15, 0.2) is 30.3 Å². The molecule has 2 heterocycles. The Kier molecular flexibility index (Phi) is 5.65. The summed E-state index contributed by atoms with van der Waals surface area (Å²) in [7, 11) is 1.58. The van der Waals surface area contributed by atoms with Crippen LogP contribution in [0.1, 0.15) is 18.4 Å². The molecule has 5 nitrogen and oxygen atoms in total. The number of piperidine rings is 1. The molecule has 5 heteroatoms. The second-order valence-electron chi connectivity index (χ2n) is 6.65. The van der Waals surface area contributed by atoms with E-state index in [9.17, 15) is 4.79 Å². The fraction of sp³-hybridized carbons (Fsp3) is 0.611. The van der Waals surface area contributed by atoms with Gasteiger partial charge in [0.1, 0.15) is 6.61 Å². The zero-order chi connectivity index (χ0) is 16.1. The van der Waals surface area contributed by atoms with Gasteiger partial charge in [-0.05, 0) is 36.7 Å². The number of carbonyl (C=O) groups is 1. The van der Waals surface area contributed by atoms with Crippen molar-refractivity contribution in [3.63, 3.8) is 0 Å². The Morgan fingerprint density at radius 3 is 2.70 bits per heavy atom. The van der Waals surface area contributed by atoms with Crippen molar-refractivity contribution in [2.45, 2.75) is 25.3 Å². The number of amides is 1. The summed E-state index contributed by atoms with van der Waals surface area (Å²) in [6.07, 6.45) is 3.24. The Hall–Kier alpha value is -1.43. The number of hydrogen-bond acceptors (Lipinski definition) is 4. The number of likely N-dealkylation sites (tertiary alicyclic amines) is 1. The van der Waals surface area contributed by atoms with Gasteiger partial charge in [-0.2, -0.15) is 0 Å². The second kappa shape index (κ2) is 7.90. The summed E-state index contributed by atoms with van der Waals surface area (Å²) < 4.78 is 4.95. The smallest absolute Gasteiger partial charge is 0.248 e. The van der Waals surface area contributed by atoms with E-state index in [0.717, 1.165) is 38.9 Å². The predicted octanol–water partition coefficient (Wildman–Crippen LogP) is 1.21. The summed E-state index contributed by atoms with van der Waals surface area (Å²) in [6.45, 7) is 2.92. The Morgan fingerprint density at radius 2 is 2.00 bits per heavy atom. The molecule has 1 amide bonds. The molecule has 2 atom stereocenters. The van der Waals surface area contributed by atoms with Crippen molar-refractivity contribution in [3.8, 4) is 0 Å². The predicted molar refractivity (Wildman–Crippen MR) is 89.7 cm³/mol. The third-order valence-corrected chi connectivity index (χ3v) is 5.15. The molecule has 0 spiro atoms. The minimum absolute atomic E-state index is 0.115.